The van der Waals surface area contributed by atoms with Gasteiger partial charge in [0.25, 0.3) is 0 Å². The first-order chi connectivity index (χ1) is 9.02. The maximum Gasteiger partial charge on any atom is 0.0847 e. The fraction of sp³-hybridized carbons (Fsp3) is 0.357. The lowest BCUT2D eigenvalue weighted by Gasteiger charge is -2.17. The van der Waals surface area contributed by atoms with Crippen LogP contribution in [0, 0.1) is 6.92 Å². The number of rotatable bonds is 4. The lowest BCUT2D eigenvalue weighted by Crippen LogP contribution is -2.20. The van der Waals surface area contributed by atoms with Gasteiger partial charge in [0.05, 0.1) is 16.4 Å². The largest absolute Gasteiger partial charge is 0.313 e. The molecule has 0 aliphatic carbocycles. The Labute approximate surface area is 123 Å². The molecule has 1 aromatic carbocycles. The molecule has 0 fully saturated rings. The summed E-state index contributed by atoms with van der Waals surface area (Å²) in [4.78, 5) is 0. The topological polar surface area (TPSA) is 29.9 Å². The van der Waals surface area contributed by atoms with Crippen molar-refractivity contribution in [2.24, 2.45) is 7.05 Å². The molecule has 2 aromatic rings. The Balaban J connectivity index is 2.29. The summed E-state index contributed by atoms with van der Waals surface area (Å²) >= 11 is 12.3. The highest BCUT2D eigenvalue weighted by Crippen LogP contribution is 2.26. The molecule has 102 valence electrons. The molecule has 2 rings (SSSR count). The third-order valence-electron chi connectivity index (χ3n) is 3.26. The van der Waals surface area contributed by atoms with Crippen molar-refractivity contribution in [2.45, 2.75) is 19.4 Å². The van der Waals surface area contributed by atoms with E-state index in [4.69, 9.17) is 23.2 Å². The number of halogens is 2. The van der Waals surface area contributed by atoms with Crippen molar-refractivity contribution < 1.29 is 0 Å². The van der Waals surface area contributed by atoms with Crippen LogP contribution in [0.2, 0.25) is 10.0 Å². The highest BCUT2D eigenvalue weighted by molar-refractivity contribution is 6.32. The summed E-state index contributed by atoms with van der Waals surface area (Å²) in [6.45, 7) is 1.92. The van der Waals surface area contributed by atoms with Crippen LogP contribution < -0.4 is 5.32 Å². The van der Waals surface area contributed by atoms with Crippen LogP contribution in [-0.4, -0.2) is 16.8 Å². The van der Waals surface area contributed by atoms with E-state index in [1.165, 1.54) is 0 Å². The van der Waals surface area contributed by atoms with Crippen LogP contribution in [-0.2, 0) is 13.5 Å². The summed E-state index contributed by atoms with van der Waals surface area (Å²) in [6.07, 6.45) is 0.771. The van der Waals surface area contributed by atoms with Crippen molar-refractivity contribution in [3.8, 4) is 0 Å². The number of aryl methyl sites for hydroxylation is 2. The van der Waals surface area contributed by atoms with Crippen molar-refractivity contribution in [2.75, 3.05) is 7.05 Å². The molecule has 3 nitrogen and oxygen atoms in total. The van der Waals surface area contributed by atoms with Gasteiger partial charge in [-0.1, -0.05) is 35.3 Å². The van der Waals surface area contributed by atoms with Crippen LogP contribution in [0.3, 0.4) is 0 Å². The standard InChI is InChI=1S/C14H17Cl2N3/c1-9-14(16)13(19(3)18-9)8-12(17-2)10-5-4-6-11(15)7-10/h4-7,12,17H,8H2,1-3H3. The van der Waals surface area contributed by atoms with E-state index in [1.807, 2.05) is 43.9 Å². The second-order valence-corrected chi connectivity index (χ2v) is 5.38. The molecule has 1 heterocycles. The minimum atomic E-state index is 0.158. The highest BCUT2D eigenvalue weighted by atomic mass is 35.5. The Hall–Kier alpha value is -1.03. The van der Waals surface area contributed by atoms with Crippen molar-refractivity contribution in [1.29, 1.82) is 0 Å². The Bertz CT molecular complexity index is 578. The van der Waals surface area contributed by atoms with Crippen LogP contribution in [0.4, 0.5) is 0 Å². The summed E-state index contributed by atoms with van der Waals surface area (Å²) in [5, 5.41) is 9.12. The molecule has 0 aliphatic heterocycles. The fourth-order valence-corrected chi connectivity index (χ4v) is 2.64. The smallest absolute Gasteiger partial charge is 0.0847 e. The molecule has 1 atom stereocenters. The third kappa shape index (κ3) is 3.11. The first-order valence-corrected chi connectivity index (χ1v) is 6.89. The second-order valence-electron chi connectivity index (χ2n) is 4.57. The predicted octanol–water partition coefficient (Wildman–Crippen LogP) is 3.54. The average molecular weight is 298 g/mol. The van der Waals surface area contributed by atoms with Gasteiger partial charge in [-0.3, -0.25) is 4.68 Å². The Kier molecular flexibility index (Phi) is 4.50. The average Bonchev–Trinajstić information content (AvgIpc) is 2.61. The number of nitrogens with one attached hydrogen (secondary N) is 1. The van der Waals surface area contributed by atoms with E-state index in [-0.39, 0.29) is 6.04 Å². The van der Waals surface area contributed by atoms with Gasteiger partial charge in [-0.15, -0.1) is 0 Å². The van der Waals surface area contributed by atoms with Crippen molar-refractivity contribution in [3.05, 3.63) is 51.3 Å². The van der Waals surface area contributed by atoms with E-state index in [0.717, 1.165) is 33.4 Å². The van der Waals surface area contributed by atoms with Crippen LogP contribution >= 0.6 is 23.2 Å². The quantitative estimate of drug-likeness (QED) is 0.935. The van der Waals surface area contributed by atoms with Crippen molar-refractivity contribution >= 4 is 23.2 Å². The first kappa shape index (κ1) is 14.4. The maximum absolute atomic E-state index is 6.30. The maximum atomic E-state index is 6.30. The molecule has 19 heavy (non-hydrogen) atoms. The molecule has 0 aliphatic rings. The lowest BCUT2D eigenvalue weighted by atomic mass is 10.0. The Morgan fingerprint density at radius 1 is 1.37 bits per heavy atom. The molecule has 5 heteroatoms. The van der Waals surface area contributed by atoms with E-state index in [2.05, 4.69) is 16.5 Å². The van der Waals surface area contributed by atoms with Crippen LogP contribution in [0.15, 0.2) is 24.3 Å². The molecule has 0 saturated carbocycles. The van der Waals surface area contributed by atoms with Crippen LogP contribution in [0.5, 0.6) is 0 Å². The number of aromatic nitrogens is 2. The minimum absolute atomic E-state index is 0.158. The normalized spacial score (nSPS) is 12.7. The summed E-state index contributed by atoms with van der Waals surface area (Å²) in [5.74, 6) is 0. The summed E-state index contributed by atoms with van der Waals surface area (Å²) in [5.41, 5.74) is 3.03. The summed E-state index contributed by atoms with van der Waals surface area (Å²) < 4.78 is 1.84. The summed E-state index contributed by atoms with van der Waals surface area (Å²) in [6, 6.07) is 8.02. The predicted molar refractivity (Wildman–Crippen MR) is 79.9 cm³/mol. The van der Waals surface area contributed by atoms with Gasteiger partial charge in [0, 0.05) is 24.5 Å². The van der Waals surface area contributed by atoms with Gasteiger partial charge in [0.15, 0.2) is 0 Å². The van der Waals surface area contributed by atoms with E-state index < -0.39 is 0 Å². The van der Waals surface area contributed by atoms with Gasteiger partial charge in [0.2, 0.25) is 0 Å². The number of nitrogens with zero attached hydrogens (tertiary/aromatic N) is 2. The number of likely N-dealkylation sites (N-methyl/N-ethyl adjacent to an activating group) is 1. The number of hydrogen-bond acceptors (Lipinski definition) is 2. The van der Waals surface area contributed by atoms with Gasteiger partial charge >= 0.3 is 0 Å². The second kappa shape index (κ2) is 5.95. The zero-order chi connectivity index (χ0) is 14.0. The van der Waals surface area contributed by atoms with Gasteiger partial charge in [-0.2, -0.15) is 5.10 Å². The molecule has 0 bridgehead atoms. The van der Waals surface area contributed by atoms with Crippen LogP contribution in [0.1, 0.15) is 23.0 Å². The monoisotopic (exact) mass is 297 g/mol. The SMILES string of the molecule is CNC(Cc1c(Cl)c(C)nn1C)c1cccc(Cl)c1. The highest BCUT2D eigenvalue weighted by Gasteiger charge is 2.17. The van der Waals surface area contributed by atoms with Crippen LogP contribution in [0.25, 0.3) is 0 Å². The Morgan fingerprint density at radius 3 is 2.63 bits per heavy atom. The number of hydrogen-bond donors (Lipinski definition) is 1. The molecular weight excluding hydrogens is 281 g/mol. The first-order valence-electron chi connectivity index (χ1n) is 6.13. The third-order valence-corrected chi connectivity index (χ3v) is 3.99. The molecule has 0 spiro atoms. The molecule has 1 N–H and O–H groups in total. The van der Waals surface area contributed by atoms with E-state index >= 15 is 0 Å². The fourth-order valence-electron chi connectivity index (χ4n) is 2.21. The zero-order valence-electron chi connectivity index (χ0n) is 11.2. The molecule has 0 saturated heterocycles. The van der Waals surface area contributed by atoms with Crippen molar-refractivity contribution in [3.63, 3.8) is 0 Å². The Morgan fingerprint density at radius 2 is 2.11 bits per heavy atom. The van der Waals surface area contributed by atoms with Gasteiger partial charge in [-0.25, -0.2) is 0 Å². The summed E-state index contributed by atoms with van der Waals surface area (Å²) in [7, 11) is 3.85. The van der Waals surface area contributed by atoms with E-state index in [1.54, 1.807) is 0 Å². The van der Waals surface area contributed by atoms with E-state index in [0.29, 0.717) is 0 Å². The minimum Gasteiger partial charge on any atom is -0.313 e. The lowest BCUT2D eigenvalue weighted by molar-refractivity contribution is 0.561. The molecule has 0 radical (unpaired) electrons. The van der Waals surface area contributed by atoms with Gasteiger partial charge in [0.1, 0.15) is 0 Å². The van der Waals surface area contributed by atoms with E-state index in [9.17, 15) is 0 Å². The molecule has 0 amide bonds. The van der Waals surface area contributed by atoms with Crippen molar-refractivity contribution in [1.82, 2.24) is 15.1 Å². The molecule has 1 unspecified atom stereocenters. The van der Waals surface area contributed by atoms with Gasteiger partial charge < -0.3 is 5.32 Å². The zero-order valence-corrected chi connectivity index (χ0v) is 12.8. The molecular formula is C14H17Cl2N3. The number of benzene rings is 1. The molecule has 1 aromatic heterocycles. The van der Waals surface area contributed by atoms with Gasteiger partial charge in [-0.05, 0) is 31.7 Å².